The Balaban J connectivity index is 1.44. The molecule has 3 heterocycles. The predicted octanol–water partition coefficient (Wildman–Crippen LogP) is 5.08. The smallest absolute Gasteiger partial charge is 0.235 e. The first-order valence-corrected chi connectivity index (χ1v) is 11.1. The number of pyridine rings is 1. The minimum Gasteiger partial charge on any atom is -0.437 e. The fraction of sp³-hybridized carbons (Fsp3) is 0.269. The minimum atomic E-state index is -0.171. The van der Waals surface area contributed by atoms with Crippen molar-refractivity contribution in [1.29, 1.82) is 10.5 Å². The number of ether oxygens (including phenoxy) is 1. The topological polar surface area (TPSA) is 112 Å². The van der Waals surface area contributed by atoms with Gasteiger partial charge in [0.25, 0.3) is 0 Å². The third kappa shape index (κ3) is 3.00. The summed E-state index contributed by atoms with van der Waals surface area (Å²) in [5.41, 5.74) is 3.93. The van der Waals surface area contributed by atoms with Gasteiger partial charge in [0.15, 0.2) is 5.65 Å². The summed E-state index contributed by atoms with van der Waals surface area (Å²) in [6.07, 6.45) is 7.55. The second-order valence-electron chi connectivity index (χ2n) is 9.46. The van der Waals surface area contributed by atoms with Crippen LogP contribution in [0.15, 0.2) is 42.6 Å². The molecule has 0 spiro atoms. The van der Waals surface area contributed by atoms with Crippen LogP contribution in [0.5, 0.6) is 11.6 Å². The molecule has 3 aliphatic rings. The van der Waals surface area contributed by atoms with Crippen LogP contribution >= 0.6 is 0 Å². The summed E-state index contributed by atoms with van der Waals surface area (Å²) in [7, 11) is 0. The molecule has 3 fully saturated rings. The van der Waals surface area contributed by atoms with E-state index in [1.54, 1.807) is 10.6 Å². The van der Waals surface area contributed by atoms with Gasteiger partial charge in [-0.15, -0.1) is 5.10 Å². The molecule has 8 heteroatoms. The average molecular weight is 448 g/mol. The van der Waals surface area contributed by atoms with Gasteiger partial charge in [0.05, 0.1) is 23.1 Å². The largest absolute Gasteiger partial charge is 0.437 e. The SMILES string of the molecule is Cc1cc(/C=C/C#N)cc(C)c1Oc1nc(NC23CC(C#N)(C2)C3)nc2nn3ccccc3c12. The number of hydrogen-bond donors (Lipinski definition) is 1. The second kappa shape index (κ2) is 7.03. The molecule has 0 atom stereocenters. The number of allylic oxidation sites excluding steroid dienone is 1. The van der Waals surface area contributed by atoms with Crippen molar-refractivity contribution in [3.63, 3.8) is 0 Å². The zero-order valence-corrected chi connectivity index (χ0v) is 18.8. The minimum absolute atomic E-state index is 0.111. The number of aromatic nitrogens is 4. The molecule has 3 aliphatic carbocycles. The summed E-state index contributed by atoms with van der Waals surface area (Å²) in [5, 5.41) is 27.0. The van der Waals surface area contributed by atoms with E-state index in [4.69, 9.17) is 20.0 Å². The summed E-state index contributed by atoms with van der Waals surface area (Å²) in [4.78, 5) is 9.47. The van der Waals surface area contributed by atoms with Crippen LogP contribution in [0.25, 0.3) is 22.6 Å². The van der Waals surface area contributed by atoms with Crippen molar-refractivity contribution in [2.24, 2.45) is 5.41 Å². The van der Waals surface area contributed by atoms with E-state index in [0.717, 1.165) is 46.9 Å². The van der Waals surface area contributed by atoms with E-state index in [2.05, 4.69) is 16.5 Å². The molecule has 0 amide bonds. The molecule has 2 bridgehead atoms. The summed E-state index contributed by atoms with van der Waals surface area (Å²) < 4.78 is 8.23. The van der Waals surface area contributed by atoms with Crippen molar-refractivity contribution in [2.45, 2.75) is 38.6 Å². The molecule has 3 saturated carbocycles. The lowest BCUT2D eigenvalue weighted by atomic mass is 9.40. The maximum atomic E-state index is 9.35. The van der Waals surface area contributed by atoms with Crippen molar-refractivity contribution < 1.29 is 4.74 Å². The second-order valence-corrected chi connectivity index (χ2v) is 9.46. The van der Waals surface area contributed by atoms with Gasteiger partial charge in [-0.1, -0.05) is 6.07 Å². The van der Waals surface area contributed by atoms with Crippen LogP contribution in [0.1, 0.15) is 36.0 Å². The molecule has 3 aromatic heterocycles. The van der Waals surface area contributed by atoms with E-state index in [0.29, 0.717) is 23.2 Å². The molecule has 0 aliphatic heterocycles. The van der Waals surface area contributed by atoms with Gasteiger partial charge in [-0.3, -0.25) is 0 Å². The molecular formula is C26H21N7O. The number of anilines is 1. The highest BCUT2D eigenvalue weighted by Gasteiger charge is 2.69. The summed E-state index contributed by atoms with van der Waals surface area (Å²) >= 11 is 0. The van der Waals surface area contributed by atoms with Gasteiger partial charge >= 0.3 is 0 Å². The number of benzene rings is 1. The number of nitrogens with one attached hydrogen (secondary N) is 1. The van der Waals surface area contributed by atoms with Crippen LogP contribution in [-0.4, -0.2) is 25.1 Å². The number of rotatable bonds is 5. The standard InChI is InChI=1S/C26H21N7O/c1-16-10-18(6-5-8-27)11-17(2)21(16)34-23-20-19-7-3-4-9-33(19)32-22(20)29-24(30-23)31-26-12-25(13-26,14-26)15-28/h3-7,9-11H,12-14H2,1-2H3,(H,29,31,32)/b6-5+. The van der Waals surface area contributed by atoms with E-state index >= 15 is 0 Å². The van der Waals surface area contributed by atoms with Crippen molar-refractivity contribution in [1.82, 2.24) is 19.6 Å². The van der Waals surface area contributed by atoms with Crippen LogP contribution in [0.2, 0.25) is 0 Å². The Labute approximate surface area is 196 Å². The maximum Gasteiger partial charge on any atom is 0.235 e. The molecule has 1 N–H and O–H groups in total. The van der Waals surface area contributed by atoms with Gasteiger partial charge in [0, 0.05) is 17.8 Å². The fourth-order valence-corrected chi connectivity index (χ4v) is 5.42. The third-order valence-corrected chi connectivity index (χ3v) is 6.83. The molecule has 0 radical (unpaired) electrons. The molecule has 0 unspecified atom stereocenters. The number of hydrogen-bond acceptors (Lipinski definition) is 7. The fourth-order valence-electron chi connectivity index (χ4n) is 5.42. The first kappa shape index (κ1) is 20.2. The highest BCUT2D eigenvalue weighted by Crippen LogP contribution is 2.67. The molecule has 166 valence electrons. The van der Waals surface area contributed by atoms with E-state index in [1.165, 1.54) is 6.08 Å². The Morgan fingerprint density at radius 3 is 2.59 bits per heavy atom. The predicted molar refractivity (Wildman–Crippen MR) is 127 cm³/mol. The number of nitriles is 2. The van der Waals surface area contributed by atoms with Gasteiger partial charge in [0.2, 0.25) is 11.8 Å². The molecule has 4 aromatic rings. The first-order valence-electron chi connectivity index (χ1n) is 11.1. The van der Waals surface area contributed by atoms with Gasteiger partial charge in [-0.25, -0.2) is 4.52 Å². The van der Waals surface area contributed by atoms with E-state index in [-0.39, 0.29) is 11.0 Å². The van der Waals surface area contributed by atoms with Crippen molar-refractivity contribution >= 4 is 28.6 Å². The Hall–Kier alpha value is -4.43. The highest BCUT2D eigenvalue weighted by molar-refractivity contribution is 5.96. The highest BCUT2D eigenvalue weighted by atomic mass is 16.5. The molecule has 8 nitrogen and oxygen atoms in total. The van der Waals surface area contributed by atoms with E-state index < -0.39 is 0 Å². The van der Waals surface area contributed by atoms with Gasteiger partial charge in [-0.05, 0) is 80.1 Å². The van der Waals surface area contributed by atoms with Crippen LogP contribution in [0.4, 0.5) is 5.95 Å². The quantitative estimate of drug-likeness (QED) is 0.424. The van der Waals surface area contributed by atoms with Gasteiger partial charge in [-0.2, -0.15) is 20.5 Å². The number of nitrogens with zero attached hydrogens (tertiary/aromatic N) is 6. The maximum absolute atomic E-state index is 9.35. The number of fused-ring (bicyclic) bond motifs is 3. The summed E-state index contributed by atoms with van der Waals surface area (Å²) in [6.45, 7) is 3.95. The lowest BCUT2D eigenvalue weighted by Gasteiger charge is -2.66. The van der Waals surface area contributed by atoms with Crippen molar-refractivity contribution in [2.75, 3.05) is 5.32 Å². The number of aryl methyl sites for hydroxylation is 2. The normalized spacial score (nSPS) is 22.7. The molecular weight excluding hydrogens is 426 g/mol. The molecule has 0 saturated heterocycles. The Morgan fingerprint density at radius 1 is 1.12 bits per heavy atom. The first-order chi connectivity index (χ1) is 16.4. The van der Waals surface area contributed by atoms with Crippen molar-refractivity contribution in [3.8, 4) is 23.8 Å². The van der Waals surface area contributed by atoms with Gasteiger partial charge in [0.1, 0.15) is 11.1 Å². The van der Waals surface area contributed by atoms with E-state index in [9.17, 15) is 5.26 Å². The van der Waals surface area contributed by atoms with Crippen LogP contribution in [-0.2, 0) is 0 Å². The van der Waals surface area contributed by atoms with Crippen LogP contribution in [0, 0.1) is 41.9 Å². The Bertz CT molecular complexity index is 1560. The molecule has 1 aromatic carbocycles. The lowest BCUT2D eigenvalue weighted by molar-refractivity contribution is -0.0665. The van der Waals surface area contributed by atoms with Crippen molar-refractivity contribution in [3.05, 3.63) is 59.3 Å². The zero-order chi connectivity index (χ0) is 23.5. The van der Waals surface area contributed by atoms with Crippen LogP contribution < -0.4 is 10.1 Å². The third-order valence-electron chi connectivity index (χ3n) is 6.83. The Kier molecular flexibility index (Phi) is 4.18. The molecule has 7 rings (SSSR count). The van der Waals surface area contributed by atoms with Crippen LogP contribution in [0.3, 0.4) is 0 Å². The average Bonchev–Trinajstić information content (AvgIpc) is 3.14. The summed E-state index contributed by atoms with van der Waals surface area (Å²) in [5.74, 6) is 1.60. The zero-order valence-electron chi connectivity index (χ0n) is 18.8. The Morgan fingerprint density at radius 2 is 1.88 bits per heavy atom. The van der Waals surface area contributed by atoms with E-state index in [1.807, 2.05) is 56.4 Å². The lowest BCUT2D eigenvalue weighted by Crippen LogP contribution is -2.70. The summed E-state index contributed by atoms with van der Waals surface area (Å²) in [6, 6.07) is 14.2. The van der Waals surface area contributed by atoms with Gasteiger partial charge < -0.3 is 10.1 Å². The monoisotopic (exact) mass is 447 g/mol. The molecule has 34 heavy (non-hydrogen) atoms.